The predicted octanol–water partition coefficient (Wildman–Crippen LogP) is 2.90. The second-order valence-corrected chi connectivity index (χ2v) is 4.88. The third-order valence-corrected chi connectivity index (χ3v) is 3.47. The van der Waals surface area contributed by atoms with Crippen molar-refractivity contribution < 1.29 is 14.7 Å². The molecule has 21 heavy (non-hydrogen) atoms. The largest absolute Gasteiger partial charge is 0.478 e. The van der Waals surface area contributed by atoms with Crippen molar-refractivity contribution in [3.63, 3.8) is 0 Å². The molecule has 0 saturated heterocycles. The number of carboxylic acids is 1. The van der Waals surface area contributed by atoms with E-state index in [0.717, 1.165) is 11.1 Å². The highest BCUT2D eigenvalue weighted by atomic mass is 16.4. The van der Waals surface area contributed by atoms with Gasteiger partial charge in [-0.3, -0.25) is 4.79 Å². The van der Waals surface area contributed by atoms with Gasteiger partial charge in [0.25, 0.3) is 0 Å². The molecule has 0 heterocycles. The minimum absolute atomic E-state index is 0.123. The third-order valence-electron chi connectivity index (χ3n) is 3.47. The maximum absolute atomic E-state index is 12.4. The summed E-state index contributed by atoms with van der Waals surface area (Å²) < 4.78 is 0. The number of aromatic carboxylic acids is 1. The van der Waals surface area contributed by atoms with Crippen LogP contribution in [-0.2, 0) is 11.2 Å². The fraction of sp³-hybridized carbons (Fsp3) is 0.176. The average Bonchev–Trinajstić information content (AvgIpc) is 2.48. The highest BCUT2D eigenvalue weighted by Crippen LogP contribution is 2.20. The molecule has 1 amide bonds. The molecule has 0 bridgehead atoms. The Morgan fingerprint density at radius 3 is 2.33 bits per heavy atom. The van der Waals surface area contributed by atoms with Crippen molar-refractivity contribution in [3.05, 3.63) is 65.2 Å². The maximum atomic E-state index is 12.4. The molecule has 0 fully saturated rings. The number of para-hydroxylation sites is 1. The Balaban J connectivity index is 2.24. The van der Waals surface area contributed by atoms with Crippen LogP contribution in [0.2, 0.25) is 0 Å². The van der Waals surface area contributed by atoms with Crippen LogP contribution in [0.3, 0.4) is 0 Å². The van der Waals surface area contributed by atoms with Gasteiger partial charge in [0, 0.05) is 7.05 Å². The van der Waals surface area contributed by atoms with Gasteiger partial charge in [0.2, 0.25) is 5.91 Å². The van der Waals surface area contributed by atoms with E-state index >= 15 is 0 Å². The Labute approximate surface area is 123 Å². The van der Waals surface area contributed by atoms with Gasteiger partial charge in [-0.25, -0.2) is 4.79 Å². The van der Waals surface area contributed by atoms with Crippen molar-refractivity contribution >= 4 is 17.6 Å². The molecule has 0 atom stereocenters. The highest BCUT2D eigenvalue weighted by molar-refractivity contribution is 6.02. The average molecular weight is 283 g/mol. The topological polar surface area (TPSA) is 57.6 Å². The molecule has 0 saturated carbocycles. The van der Waals surface area contributed by atoms with Crippen molar-refractivity contribution in [3.8, 4) is 0 Å². The monoisotopic (exact) mass is 283 g/mol. The lowest BCUT2D eigenvalue weighted by Gasteiger charge is -2.19. The summed E-state index contributed by atoms with van der Waals surface area (Å²) in [7, 11) is 1.60. The summed E-state index contributed by atoms with van der Waals surface area (Å²) in [6, 6.07) is 14.2. The first-order chi connectivity index (χ1) is 10.0. The molecule has 0 aliphatic heterocycles. The van der Waals surface area contributed by atoms with E-state index in [2.05, 4.69) is 0 Å². The summed E-state index contributed by atoms with van der Waals surface area (Å²) in [6.45, 7) is 1.95. The van der Waals surface area contributed by atoms with Crippen molar-refractivity contribution in [2.75, 3.05) is 11.9 Å². The number of carbonyl (C=O) groups is 2. The first kappa shape index (κ1) is 14.8. The van der Waals surface area contributed by atoms with Gasteiger partial charge in [-0.1, -0.05) is 36.4 Å². The molecular weight excluding hydrogens is 266 g/mol. The maximum Gasteiger partial charge on any atom is 0.337 e. The van der Waals surface area contributed by atoms with Crippen molar-refractivity contribution in [2.24, 2.45) is 0 Å². The van der Waals surface area contributed by atoms with Crippen LogP contribution in [0.25, 0.3) is 0 Å². The van der Waals surface area contributed by atoms with Crippen LogP contribution < -0.4 is 4.90 Å². The standard InChI is InChI=1S/C17H17NO3/c1-12-7-3-4-8-13(12)11-16(19)18(2)15-10-6-5-9-14(15)17(20)21/h3-10H,11H2,1-2H3,(H,20,21). The zero-order valence-electron chi connectivity index (χ0n) is 12.0. The van der Waals surface area contributed by atoms with Gasteiger partial charge < -0.3 is 10.0 Å². The number of hydrogen-bond acceptors (Lipinski definition) is 2. The molecule has 2 aromatic carbocycles. The van der Waals surface area contributed by atoms with Gasteiger partial charge in [-0.15, -0.1) is 0 Å². The first-order valence-electron chi connectivity index (χ1n) is 6.64. The second-order valence-electron chi connectivity index (χ2n) is 4.88. The molecule has 0 spiro atoms. The minimum atomic E-state index is -1.04. The van der Waals surface area contributed by atoms with Gasteiger partial charge in [0.15, 0.2) is 0 Å². The van der Waals surface area contributed by atoms with Crippen molar-refractivity contribution in [1.82, 2.24) is 0 Å². The highest BCUT2D eigenvalue weighted by Gasteiger charge is 2.18. The number of aryl methyl sites for hydroxylation is 1. The van der Waals surface area contributed by atoms with E-state index in [0.29, 0.717) is 5.69 Å². The Kier molecular flexibility index (Phi) is 4.38. The molecule has 0 radical (unpaired) electrons. The Hall–Kier alpha value is -2.62. The summed E-state index contributed by atoms with van der Waals surface area (Å²) >= 11 is 0. The van der Waals surface area contributed by atoms with Crippen LogP contribution in [0.15, 0.2) is 48.5 Å². The molecule has 0 unspecified atom stereocenters. The molecule has 2 rings (SSSR count). The van der Waals surface area contributed by atoms with Crippen LogP contribution in [0, 0.1) is 6.92 Å². The third kappa shape index (κ3) is 3.28. The van der Waals surface area contributed by atoms with Crippen LogP contribution in [0.5, 0.6) is 0 Å². The van der Waals surface area contributed by atoms with Gasteiger partial charge in [-0.05, 0) is 30.2 Å². The van der Waals surface area contributed by atoms with E-state index < -0.39 is 5.97 Å². The number of rotatable bonds is 4. The zero-order chi connectivity index (χ0) is 15.4. The lowest BCUT2D eigenvalue weighted by Crippen LogP contribution is -2.29. The molecule has 0 aromatic heterocycles. The lowest BCUT2D eigenvalue weighted by atomic mass is 10.0. The van der Waals surface area contributed by atoms with Crippen LogP contribution in [0.4, 0.5) is 5.69 Å². The Morgan fingerprint density at radius 2 is 1.67 bits per heavy atom. The minimum Gasteiger partial charge on any atom is -0.478 e. The normalized spacial score (nSPS) is 10.2. The summed E-state index contributed by atoms with van der Waals surface area (Å²) in [5.41, 5.74) is 2.52. The quantitative estimate of drug-likeness (QED) is 0.938. The number of amides is 1. The molecule has 4 heteroatoms. The Morgan fingerprint density at radius 1 is 1.05 bits per heavy atom. The molecular formula is C17H17NO3. The number of anilines is 1. The number of carboxylic acid groups (broad SMARTS) is 1. The van der Waals surface area contributed by atoms with Gasteiger partial charge in [-0.2, -0.15) is 0 Å². The number of likely N-dealkylation sites (N-methyl/N-ethyl adjacent to an activating group) is 1. The summed E-state index contributed by atoms with van der Waals surface area (Å²) in [6.07, 6.45) is 0.247. The van der Waals surface area contributed by atoms with E-state index in [1.54, 1.807) is 25.2 Å². The number of hydrogen-bond donors (Lipinski definition) is 1. The first-order valence-corrected chi connectivity index (χ1v) is 6.64. The Bertz CT molecular complexity index is 679. The van der Waals surface area contributed by atoms with Crippen LogP contribution in [-0.4, -0.2) is 24.0 Å². The molecule has 0 aliphatic rings. The lowest BCUT2D eigenvalue weighted by molar-refractivity contribution is -0.117. The number of nitrogens with zero attached hydrogens (tertiary/aromatic N) is 1. The van der Waals surface area contributed by atoms with E-state index in [1.165, 1.54) is 11.0 Å². The number of benzene rings is 2. The second kappa shape index (κ2) is 6.22. The predicted molar refractivity (Wildman–Crippen MR) is 81.7 cm³/mol. The molecule has 4 nitrogen and oxygen atoms in total. The molecule has 2 aromatic rings. The molecule has 108 valence electrons. The SMILES string of the molecule is Cc1ccccc1CC(=O)N(C)c1ccccc1C(=O)O. The molecule has 1 N–H and O–H groups in total. The number of carbonyl (C=O) groups excluding carboxylic acids is 1. The van der Waals surface area contributed by atoms with Gasteiger partial charge in [0.1, 0.15) is 0 Å². The fourth-order valence-electron chi connectivity index (χ4n) is 2.17. The molecule has 0 aliphatic carbocycles. The van der Waals surface area contributed by atoms with E-state index in [1.807, 2.05) is 31.2 Å². The summed E-state index contributed by atoms with van der Waals surface area (Å²) in [5.74, 6) is -1.18. The van der Waals surface area contributed by atoms with E-state index in [-0.39, 0.29) is 17.9 Å². The fourth-order valence-corrected chi connectivity index (χ4v) is 2.17. The van der Waals surface area contributed by atoms with Gasteiger partial charge >= 0.3 is 5.97 Å². The zero-order valence-corrected chi connectivity index (χ0v) is 12.0. The van der Waals surface area contributed by atoms with Gasteiger partial charge in [0.05, 0.1) is 17.7 Å². The summed E-state index contributed by atoms with van der Waals surface area (Å²) in [4.78, 5) is 25.0. The smallest absolute Gasteiger partial charge is 0.337 e. The van der Waals surface area contributed by atoms with Crippen molar-refractivity contribution in [2.45, 2.75) is 13.3 Å². The van der Waals surface area contributed by atoms with Crippen LogP contribution in [0.1, 0.15) is 21.5 Å². The van der Waals surface area contributed by atoms with Crippen LogP contribution >= 0.6 is 0 Å². The van der Waals surface area contributed by atoms with E-state index in [9.17, 15) is 14.7 Å². The van der Waals surface area contributed by atoms with Crippen molar-refractivity contribution in [1.29, 1.82) is 0 Å². The summed E-state index contributed by atoms with van der Waals surface area (Å²) in [5, 5.41) is 9.19. The van der Waals surface area contributed by atoms with E-state index in [4.69, 9.17) is 0 Å².